The van der Waals surface area contributed by atoms with E-state index in [4.69, 9.17) is 39.5 Å². The van der Waals surface area contributed by atoms with Crippen LogP contribution in [-0.2, 0) is 14.3 Å². The molecule has 0 spiro atoms. The van der Waals surface area contributed by atoms with Gasteiger partial charge in [0.05, 0.1) is 10.0 Å². The molecule has 7 heteroatoms. The topological polar surface area (TPSA) is 55.4 Å². The Balaban J connectivity index is 1.81. The molecule has 4 nitrogen and oxygen atoms in total. The van der Waals surface area contributed by atoms with Crippen molar-refractivity contribution in [2.75, 3.05) is 11.9 Å². The molecule has 24 heavy (non-hydrogen) atoms. The number of benzene rings is 2. The Morgan fingerprint density at radius 2 is 1.71 bits per heavy atom. The molecule has 0 aliphatic heterocycles. The molecule has 0 bridgehead atoms. The number of ether oxygens (including phenoxy) is 1. The van der Waals surface area contributed by atoms with Gasteiger partial charge in [-0.05, 0) is 48.0 Å². The van der Waals surface area contributed by atoms with Crippen molar-refractivity contribution in [3.8, 4) is 0 Å². The fourth-order valence-electron chi connectivity index (χ4n) is 1.70. The molecule has 0 heterocycles. The Morgan fingerprint density at radius 3 is 2.38 bits per heavy atom. The number of amides is 1. The van der Waals surface area contributed by atoms with Gasteiger partial charge in [0.25, 0.3) is 5.91 Å². The van der Waals surface area contributed by atoms with E-state index < -0.39 is 18.5 Å². The van der Waals surface area contributed by atoms with E-state index in [0.717, 1.165) is 0 Å². The van der Waals surface area contributed by atoms with Crippen LogP contribution in [0.1, 0.15) is 5.56 Å². The largest absolute Gasteiger partial charge is 0.452 e. The lowest BCUT2D eigenvalue weighted by molar-refractivity contribution is -0.142. The molecule has 0 aromatic heterocycles. The summed E-state index contributed by atoms with van der Waals surface area (Å²) in [7, 11) is 0. The summed E-state index contributed by atoms with van der Waals surface area (Å²) in [4.78, 5) is 23.3. The average Bonchev–Trinajstić information content (AvgIpc) is 2.56. The first-order chi connectivity index (χ1) is 11.4. The van der Waals surface area contributed by atoms with Crippen molar-refractivity contribution in [3.05, 3.63) is 69.2 Å². The van der Waals surface area contributed by atoms with E-state index in [1.54, 1.807) is 42.5 Å². The van der Waals surface area contributed by atoms with Crippen molar-refractivity contribution >= 4 is 58.4 Å². The Morgan fingerprint density at radius 1 is 1.00 bits per heavy atom. The van der Waals surface area contributed by atoms with Crippen LogP contribution in [0.25, 0.3) is 6.08 Å². The van der Waals surface area contributed by atoms with Crippen molar-refractivity contribution in [2.24, 2.45) is 0 Å². The second-order valence-corrected chi connectivity index (χ2v) is 5.92. The molecule has 0 saturated carbocycles. The quantitative estimate of drug-likeness (QED) is 0.592. The van der Waals surface area contributed by atoms with Crippen LogP contribution in [0.5, 0.6) is 0 Å². The van der Waals surface area contributed by atoms with Gasteiger partial charge in [-0.25, -0.2) is 4.79 Å². The Hall–Kier alpha value is -2.01. The van der Waals surface area contributed by atoms with Gasteiger partial charge >= 0.3 is 5.97 Å². The van der Waals surface area contributed by atoms with Crippen LogP contribution in [-0.4, -0.2) is 18.5 Å². The third-order valence-corrected chi connectivity index (χ3v) is 3.82. The van der Waals surface area contributed by atoms with Crippen molar-refractivity contribution in [3.63, 3.8) is 0 Å². The average molecular weight is 385 g/mol. The maximum absolute atomic E-state index is 11.7. The highest BCUT2D eigenvalue weighted by Gasteiger charge is 2.06. The van der Waals surface area contributed by atoms with Gasteiger partial charge in [-0.1, -0.05) is 40.9 Å². The first-order valence-electron chi connectivity index (χ1n) is 6.79. The summed E-state index contributed by atoms with van der Waals surface area (Å²) >= 11 is 17.4. The van der Waals surface area contributed by atoms with E-state index in [1.165, 1.54) is 12.2 Å². The van der Waals surface area contributed by atoms with Crippen LogP contribution in [0.3, 0.4) is 0 Å². The van der Waals surface area contributed by atoms with Crippen LogP contribution in [0, 0.1) is 0 Å². The molecule has 0 atom stereocenters. The SMILES string of the molecule is O=C(COC(=O)/C=C/c1ccc(Cl)c(Cl)c1)Nc1ccc(Cl)cc1. The molecule has 0 unspecified atom stereocenters. The molecule has 0 radical (unpaired) electrons. The van der Waals surface area contributed by atoms with Gasteiger partial charge in [0.2, 0.25) is 0 Å². The van der Waals surface area contributed by atoms with Gasteiger partial charge in [0, 0.05) is 16.8 Å². The molecule has 1 amide bonds. The molecule has 0 fully saturated rings. The zero-order chi connectivity index (χ0) is 17.5. The first-order valence-corrected chi connectivity index (χ1v) is 7.93. The minimum absolute atomic E-state index is 0.384. The summed E-state index contributed by atoms with van der Waals surface area (Å²) in [6, 6.07) is 11.5. The molecule has 2 rings (SSSR count). The third kappa shape index (κ3) is 5.89. The van der Waals surface area contributed by atoms with Crippen LogP contribution in [0.4, 0.5) is 5.69 Å². The summed E-state index contributed by atoms with van der Waals surface area (Å²) < 4.78 is 4.85. The lowest BCUT2D eigenvalue weighted by Gasteiger charge is -2.05. The smallest absolute Gasteiger partial charge is 0.331 e. The number of carbonyl (C=O) groups is 2. The number of carbonyl (C=O) groups excluding carboxylic acids is 2. The predicted molar refractivity (Wildman–Crippen MR) is 96.5 cm³/mol. The minimum Gasteiger partial charge on any atom is -0.452 e. The highest BCUT2D eigenvalue weighted by molar-refractivity contribution is 6.42. The molecule has 0 aliphatic carbocycles. The fraction of sp³-hybridized carbons (Fsp3) is 0.0588. The van der Waals surface area contributed by atoms with Crippen molar-refractivity contribution in [1.29, 1.82) is 0 Å². The monoisotopic (exact) mass is 383 g/mol. The molecule has 2 aromatic carbocycles. The Labute approximate surface area is 154 Å². The minimum atomic E-state index is -0.646. The zero-order valence-corrected chi connectivity index (χ0v) is 14.5. The second kappa shape index (κ2) is 8.73. The predicted octanol–water partition coefficient (Wildman–Crippen LogP) is 4.84. The first kappa shape index (κ1) is 18.3. The van der Waals surface area contributed by atoms with E-state index in [-0.39, 0.29) is 0 Å². The van der Waals surface area contributed by atoms with E-state index in [9.17, 15) is 9.59 Å². The van der Waals surface area contributed by atoms with Gasteiger partial charge in [-0.2, -0.15) is 0 Å². The third-order valence-electron chi connectivity index (χ3n) is 2.83. The zero-order valence-electron chi connectivity index (χ0n) is 12.3. The number of hydrogen-bond acceptors (Lipinski definition) is 3. The summed E-state index contributed by atoms with van der Waals surface area (Å²) in [5.74, 6) is -1.10. The highest BCUT2D eigenvalue weighted by Crippen LogP contribution is 2.23. The number of hydrogen-bond donors (Lipinski definition) is 1. The molecule has 0 aliphatic rings. The lowest BCUT2D eigenvalue weighted by Crippen LogP contribution is -2.20. The van der Waals surface area contributed by atoms with E-state index in [0.29, 0.717) is 26.3 Å². The standard InChI is InChI=1S/C17H12Cl3NO3/c18-12-3-5-13(6-4-12)21-16(22)10-24-17(23)8-2-11-1-7-14(19)15(20)9-11/h1-9H,10H2,(H,21,22)/b8-2+. The van der Waals surface area contributed by atoms with Crippen molar-refractivity contribution in [1.82, 2.24) is 0 Å². The van der Waals surface area contributed by atoms with Crippen LogP contribution in [0.15, 0.2) is 48.5 Å². The number of rotatable bonds is 5. The molecule has 0 saturated heterocycles. The Bertz CT molecular complexity index is 773. The van der Waals surface area contributed by atoms with Gasteiger partial charge < -0.3 is 10.1 Å². The van der Waals surface area contributed by atoms with Gasteiger partial charge in [0.1, 0.15) is 0 Å². The van der Waals surface area contributed by atoms with Crippen LogP contribution >= 0.6 is 34.8 Å². The van der Waals surface area contributed by atoms with Crippen LogP contribution in [0.2, 0.25) is 15.1 Å². The number of nitrogens with one attached hydrogen (secondary N) is 1. The molecule has 2 aromatic rings. The maximum atomic E-state index is 11.7. The molecule has 124 valence electrons. The normalized spacial score (nSPS) is 10.6. The van der Waals surface area contributed by atoms with Crippen molar-refractivity contribution in [2.45, 2.75) is 0 Å². The summed E-state index contributed by atoms with van der Waals surface area (Å²) in [6.45, 7) is -0.396. The number of halogens is 3. The van der Waals surface area contributed by atoms with E-state index >= 15 is 0 Å². The summed E-state index contributed by atoms with van der Waals surface area (Å²) in [5, 5.41) is 3.95. The van der Waals surface area contributed by atoms with Crippen molar-refractivity contribution < 1.29 is 14.3 Å². The molecular formula is C17H12Cl3NO3. The van der Waals surface area contributed by atoms with Gasteiger partial charge in [-0.3, -0.25) is 4.79 Å². The van der Waals surface area contributed by atoms with E-state index in [1.807, 2.05) is 0 Å². The lowest BCUT2D eigenvalue weighted by atomic mass is 10.2. The molecule has 1 N–H and O–H groups in total. The van der Waals surface area contributed by atoms with E-state index in [2.05, 4.69) is 5.32 Å². The number of esters is 1. The fourth-order valence-corrected chi connectivity index (χ4v) is 2.13. The highest BCUT2D eigenvalue weighted by atomic mass is 35.5. The van der Waals surface area contributed by atoms with Crippen LogP contribution < -0.4 is 5.32 Å². The summed E-state index contributed by atoms with van der Waals surface area (Å²) in [6.07, 6.45) is 2.72. The van der Waals surface area contributed by atoms with Gasteiger partial charge in [-0.15, -0.1) is 0 Å². The molecular weight excluding hydrogens is 373 g/mol. The van der Waals surface area contributed by atoms with Gasteiger partial charge in [0.15, 0.2) is 6.61 Å². The maximum Gasteiger partial charge on any atom is 0.331 e. The second-order valence-electron chi connectivity index (χ2n) is 4.67. The summed E-state index contributed by atoms with van der Waals surface area (Å²) in [5.41, 5.74) is 1.25. The Kier molecular flexibility index (Phi) is 6.67. The number of anilines is 1.